The van der Waals surface area contributed by atoms with E-state index < -0.39 is 18.7 Å². The van der Waals surface area contributed by atoms with Crippen molar-refractivity contribution in [1.82, 2.24) is 15.3 Å². The maximum atomic E-state index is 12.9. The fourth-order valence-electron chi connectivity index (χ4n) is 3.26. The number of nitrogens with zero attached hydrogens (tertiary/aromatic N) is 2. The first-order chi connectivity index (χ1) is 15.1. The summed E-state index contributed by atoms with van der Waals surface area (Å²) in [6.45, 7) is -2.97. The molecule has 0 radical (unpaired) electrons. The lowest BCUT2D eigenvalue weighted by Gasteiger charge is -2.20. The molecule has 0 aliphatic rings. The Balaban J connectivity index is 1.61. The molecule has 2 aromatic heterocycles. The number of carbonyl (C=O) groups excluding carboxylic acids is 1. The van der Waals surface area contributed by atoms with Crippen molar-refractivity contribution in [2.24, 2.45) is 0 Å². The molecule has 4 aromatic rings. The molecule has 1 atom stereocenters. The van der Waals surface area contributed by atoms with E-state index in [1.165, 1.54) is 18.3 Å². The summed E-state index contributed by atoms with van der Waals surface area (Å²) in [5.41, 5.74) is 2.18. The number of halogens is 2. The number of hydrogen-bond acceptors (Lipinski definition) is 4. The van der Waals surface area contributed by atoms with E-state index in [1.807, 2.05) is 42.5 Å². The number of alkyl halides is 2. The summed E-state index contributed by atoms with van der Waals surface area (Å²) in [5, 5.41) is 6.18. The number of nitrogens with one attached hydrogen (secondary N) is 2. The zero-order valence-electron chi connectivity index (χ0n) is 16.2. The van der Waals surface area contributed by atoms with Crippen molar-refractivity contribution in [3.05, 3.63) is 96.4 Å². The van der Waals surface area contributed by atoms with Crippen molar-refractivity contribution in [3.8, 4) is 5.75 Å². The van der Waals surface area contributed by atoms with Crippen molar-refractivity contribution < 1.29 is 18.3 Å². The monoisotopic (exact) mass is 420 g/mol. The fraction of sp³-hybridized carbons (Fsp3) is 0.0870. The van der Waals surface area contributed by atoms with E-state index in [9.17, 15) is 13.6 Å². The Kier molecular flexibility index (Phi) is 5.98. The average molecular weight is 420 g/mol. The Hall–Kier alpha value is -4.07. The van der Waals surface area contributed by atoms with E-state index >= 15 is 0 Å². The lowest BCUT2D eigenvalue weighted by Crippen LogP contribution is -2.33. The Bertz CT molecular complexity index is 1130. The molecule has 0 saturated heterocycles. The summed E-state index contributed by atoms with van der Waals surface area (Å²) in [7, 11) is 0. The number of carbonyl (C=O) groups is 1. The van der Waals surface area contributed by atoms with Crippen LogP contribution in [0.2, 0.25) is 0 Å². The highest BCUT2D eigenvalue weighted by atomic mass is 19.3. The number of anilines is 1. The third-order valence-corrected chi connectivity index (χ3v) is 4.59. The summed E-state index contributed by atoms with van der Waals surface area (Å²) < 4.78 is 29.9. The number of rotatable bonds is 6. The minimum Gasteiger partial charge on any atom is -0.432 e. The number of pyridine rings is 2. The van der Waals surface area contributed by atoms with Crippen LogP contribution < -0.4 is 15.4 Å². The fourth-order valence-corrected chi connectivity index (χ4v) is 3.26. The van der Waals surface area contributed by atoms with Crippen LogP contribution in [0, 0.1) is 0 Å². The van der Waals surface area contributed by atoms with Gasteiger partial charge in [0, 0.05) is 17.8 Å². The third-order valence-electron chi connectivity index (χ3n) is 4.59. The first-order valence-corrected chi connectivity index (χ1v) is 9.48. The van der Waals surface area contributed by atoms with Crippen LogP contribution >= 0.6 is 0 Å². The summed E-state index contributed by atoms with van der Waals surface area (Å²) in [6.07, 6.45) is 3.13. The Labute approximate surface area is 176 Å². The molecule has 0 spiro atoms. The number of urea groups is 1. The van der Waals surface area contributed by atoms with Gasteiger partial charge in [-0.2, -0.15) is 8.78 Å². The maximum Gasteiger partial charge on any atom is 0.387 e. The molecule has 1 unspecified atom stereocenters. The largest absolute Gasteiger partial charge is 0.432 e. The predicted octanol–water partition coefficient (Wildman–Crippen LogP) is 5.14. The van der Waals surface area contributed by atoms with Crippen LogP contribution in [0.15, 0.2) is 85.2 Å². The molecule has 8 heteroatoms. The smallest absolute Gasteiger partial charge is 0.387 e. The van der Waals surface area contributed by atoms with Gasteiger partial charge in [-0.3, -0.25) is 9.97 Å². The van der Waals surface area contributed by atoms with E-state index in [0.29, 0.717) is 16.8 Å². The van der Waals surface area contributed by atoms with Crippen LogP contribution in [0.4, 0.5) is 19.3 Å². The van der Waals surface area contributed by atoms with Gasteiger partial charge in [-0.15, -0.1) is 0 Å². The van der Waals surface area contributed by atoms with Gasteiger partial charge in [0.05, 0.1) is 17.4 Å². The molecule has 0 aliphatic carbocycles. The molecule has 0 bridgehead atoms. The van der Waals surface area contributed by atoms with Crippen LogP contribution in [0.3, 0.4) is 0 Å². The number of benzene rings is 2. The van der Waals surface area contributed by atoms with E-state index in [0.717, 1.165) is 5.56 Å². The van der Waals surface area contributed by atoms with E-state index in [4.69, 9.17) is 0 Å². The molecule has 156 valence electrons. The van der Waals surface area contributed by atoms with Gasteiger partial charge >= 0.3 is 12.6 Å². The van der Waals surface area contributed by atoms with Gasteiger partial charge in [0.25, 0.3) is 0 Å². The lowest BCUT2D eigenvalue weighted by molar-refractivity contribution is -0.0489. The summed E-state index contributed by atoms with van der Waals surface area (Å²) in [5.74, 6) is -0.0628. The number of hydrogen-bond donors (Lipinski definition) is 2. The molecule has 0 fully saturated rings. The van der Waals surface area contributed by atoms with Gasteiger partial charge in [-0.25, -0.2) is 4.79 Å². The second kappa shape index (κ2) is 9.17. The molecule has 31 heavy (non-hydrogen) atoms. The van der Waals surface area contributed by atoms with Crippen LogP contribution in [-0.4, -0.2) is 22.6 Å². The minimum absolute atomic E-state index is 0.0628. The zero-order chi connectivity index (χ0) is 21.6. The number of fused-ring (bicyclic) bond motifs is 1. The molecule has 4 rings (SSSR count). The Morgan fingerprint density at radius 1 is 0.871 bits per heavy atom. The Morgan fingerprint density at radius 2 is 1.65 bits per heavy atom. The highest BCUT2D eigenvalue weighted by molar-refractivity contribution is 6.02. The molecule has 0 aliphatic heterocycles. The lowest BCUT2D eigenvalue weighted by atomic mass is 10.0. The molecule has 6 nitrogen and oxygen atoms in total. The number of amides is 2. The van der Waals surface area contributed by atoms with Crippen molar-refractivity contribution in [2.45, 2.75) is 12.7 Å². The van der Waals surface area contributed by atoms with E-state index in [1.54, 1.807) is 24.4 Å². The topological polar surface area (TPSA) is 76.1 Å². The third kappa shape index (κ3) is 4.75. The minimum atomic E-state index is -2.97. The molecule has 2 N–H and O–H groups in total. The highest BCUT2D eigenvalue weighted by Gasteiger charge is 2.19. The molecule has 2 heterocycles. The van der Waals surface area contributed by atoms with Crippen molar-refractivity contribution >= 4 is 22.6 Å². The maximum absolute atomic E-state index is 12.9. The summed E-state index contributed by atoms with van der Waals surface area (Å²) in [4.78, 5) is 21.3. The van der Waals surface area contributed by atoms with Crippen LogP contribution in [0.1, 0.15) is 17.3 Å². The van der Waals surface area contributed by atoms with Crippen LogP contribution in [0.25, 0.3) is 10.9 Å². The molecule has 0 saturated carbocycles. The van der Waals surface area contributed by atoms with Crippen LogP contribution in [-0.2, 0) is 0 Å². The zero-order valence-corrected chi connectivity index (χ0v) is 16.2. The summed E-state index contributed by atoms with van der Waals surface area (Å²) in [6, 6.07) is 20.1. The van der Waals surface area contributed by atoms with E-state index in [2.05, 4.69) is 25.3 Å². The quantitative estimate of drug-likeness (QED) is 0.453. The van der Waals surface area contributed by atoms with Gasteiger partial charge in [-0.05, 0) is 42.0 Å². The normalized spacial score (nSPS) is 11.8. The van der Waals surface area contributed by atoms with Gasteiger partial charge in [0.2, 0.25) is 0 Å². The number of ether oxygens (including phenoxy) is 1. The molecular weight excluding hydrogens is 402 g/mol. The van der Waals surface area contributed by atoms with Crippen molar-refractivity contribution in [2.75, 3.05) is 5.32 Å². The molecule has 2 amide bonds. The SMILES string of the molecule is O=C(Nc1ccc(OC(F)F)c2ncccc12)NC(c1ccccc1)c1ccccn1. The van der Waals surface area contributed by atoms with Gasteiger partial charge in [-0.1, -0.05) is 36.4 Å². The number of aromatic nitrogens is 2. The molecular formula is C23H18F2N4O2. The first kappa shape index (κ1) is 20.2. The van der Waals surface area contributed by atoms with Gasteiger partial charge in [0.15, 0.2) is 5.75 Å². The van der Waals surface area contributed by atoms with Gasteiger partial charge in [0.1, 0.15) is 5.52 Å². The predicted molar refractivity (Wildman–Crippen MR) is 113 cm³/mol. The van der Waals surface area contributed by atoms with Crippen molar-refractivity contribution in [3.63, 3.8) is 0 Å². The van der Waals surface area contributed by atoms with Gasteiger partial charge < -0.3 is 15.4 Å². The van der Waals surface area contributed by atoms with E-state index in [-0.39, 0.29) is 11.3 Å². The summed E-state index contributed by atoms with van der Waals surface area (Å²) >= 11 is 0. The standard InChI is InChI=1S/C23H18F2N4O2/c24-22(25)31-19-12-11-17(16-9-6-14-27-21(16)19)28-23(30)29-20(15-7-2-1-3-8-15)18-10-4-5-13-26-18/h1-14,20,22H,(H2,28,29,30). The second-order valence-electron chi connectivity index (χ2n) is 6.59. The second-order valence-corrected chi connectivity index (χ2v) is 6.59. The highest BCUT2D eigenvalue weighted by Crippen LogP contribution is 2.31. The average Bonchev–Trinajstić information content (AvgIpc) is 2.80. The van der Waals surface area contributed by atoms with Crippen LogP contribution in [0.5, 0.6) is 5.75 Å². The molecule has 2 aromatic carbocycles. The van der Waals surface area contributed by atoms with Crippen molar-refractivity contribution in [1.29, 1.82) is 0 Å². The first-order valence-electron chi connectivity index (χ1n) is 9.48. The Morgan fingerprint density at radius 3 is 2.39 bits per heavy atom.